The summed E-state index contributed by atoms with van der Waals surface area (Å²) in [4.78, 5) is 15.1. The molecule has 0 atom stereocenters. The topological polar surface area (TPSA) is 77.9 Å². The van der Waals surface area contributed by atoms with Crippen LogP contribution < -0.4 is 4.74 Å². The number of fused-ring (bicyclic) bond motifs is 1. The second kappa shape index (κ2) is 7.56. The van der Waals surface area contributed by atoms with Crippen molar-refractivity contribution >= 4 is 16.7 Å². The van der Waals surface area contributed by atoms with E-state index in [4.69, 9.17) is 19.3 Å². The number of hydrogen-bond donors (Lipinski definition) is 1. The van der Waals surface area contributed by atoms with Crippen molar-refractivity contribution in [1.82, 2.24) is 4.98 Å². The predicted octanol–water partition coefficient (Wildman–Crippen LogP) is 1.97. The third kappa shape index (κ3) is 4.14. The maximum Gasteiger partial charge on any atom is 0.354 e. The highest BCUT2D eigenvalue weighted by molar-refractivity contribution is 5.94. The molecule has 0 bridgehead atoms. The smallest absolute Gasteiger partial charge is 0.354 e. The molecule has 1 aromatic heterocycles. The summed E-state index contributed by atoms with van der Waals surface area (Å²) in [6.07, 6.45) is 0. The first-order chi connectivity index (χ1) is 10.2. The molecule has 6 nitrogen and oxygen atoms in total. The van der Waals surface area contributed by atoms with Crippen LogP contribution in [0.5, 0.6) is 5.88 Å². The van der Waals surface area contributed by atoms with Gasteiger partial charge < -0.3 is 19.3 Å². The lowest BCUT2D eigenvalue weighted by atomic mass is 10.1. The number of carboxylic acid groups (broad SMARTS) is 1. The predicted molar refractivity (Wildman–Crippen MR) is 76.9 cm³/mol. The van der Waals surface area contributed by atoms with Crippen LogP contribution in [0.1, 0.15) is 10.5 Å². The number of methoxy groups -OCH3 is 1. The van der Waals surface area contributed by atoms with Gasteiger partial charge in [-0.2, -0.15) is 0 Å². The number of carboxylic acids is 1. The van der Waals surface area contributed by atoms with Crippen molar-refractivity contribution in [1.29, 1.82) is 0 Å². The minimum absolute atomic E-state index is 0.0380. The highest BCUT2D eigenvalue weighted by Gasteiger charge is 2.11. The molecule has 0 unspecified atom stereocenters. The van der Waals surface area contributed by atoms with Crippen molar-refractivity contribution in [2.45, 2.75) is 0 Å². The van der Waals surface area contributed by atoms with Crippen molar-refractivity contribution in [2.24, 2.45) is 0 Å². The minimum atomic E-state index is -1.08. The van der Waals surface area contributed by atoms with Gasteiger partial charge in [0.15, 0.2) is 5.69 Å². The molecule has 0 saturated heterocycles. The molecule has 2 rings (SSSR count). The highest BCUT2D eigenvalue weighted by Crippen LogP contribution is 2.24. The molecule has 0 aliphatic rings. The fourth-order valence-corrected chi connectivity index (χ4v) is 1.83. The zero-order chi connectivity index (χ0) is 15.1. The quantitative estimate of drug-likeness (QED) is 0.749. The van der Waals surface area contributed by atoms with E-state index in [9.17, 15) is 4.79 Å². The third-order valence-electron chi connectivity index (χ3n) is 2.82. The van der Waals surface area contributed by atoms with Crippen LogP contribution in [0.3, 0.4) is 0 Å². The van der Waals surface area contributed by atoms with Crippen molar-refractivity contribution in [2.75, 3.05) is 33.5 Å². The number of pyridine rings is 1. The number of aromatic nitrogens is 1. The molecule has 0 fully saturated rings. The number of hydrogen-bond acceptors (Lipinski definition) is 5. The van der Waals surface area contributed by atoms with Crippen LogP contribution >= 0.6 is 0 Å². The number of nitrogens with zero attached hydrogens (tertiary/aromatic N) is 1. The van der Waals surface area contributed by atoms with E-state index >= 15 is 0 Å². The van der Waals surface area contributed by atoms with E-state index in [2.05, 4.69) is 4.98 Å². The number of benzene rings is 1. The van der Waals surface area contributed by atoms with Crippen molar-refractivity contribution in [3.8, 4) is 5.88 Å². The molecule has 0 aliphatic heterocycles. The van der Waals surface area contributed by atoms with E-state index in [0.717, 1.165) is 10.8 Å². The van der Waals surface area contributed by atoms with Crippen molar-refractivity contribution < 1.29 is 24.1 Å². The lowest BCUT2D eigenvalue weighted by molar-refractivity contribution is 0.0538. The molecule has 0 amide bonds. The zero-order valence-electron chi connectivity index (χ0n) is 11.7. The first-order valence-corrected chi connectivity index (χ1v) is 6.55. The molecule has 1 N–H and O–H groups in total. The lowest BCUT2D eigenvalue weighted by Gasteiger charge is -2.10. The molecule has 0 spiro atoms. The van der Waals surface area contributed by atoms with Crippen molar-refractivity contribution in [3.63, 3.8) is 0 Å². The van der Waals surface area contributed by atoms with Crippen molar-refractivity contribution in [3.05, 3.63) is 36.0 Å². The Morgan fingerprint density at radius 2 is 1.95 bits per heavy atom. The molecule has 1 aromatic carbocycles. The first-order valence-electron chi connectivity index (χ1n) is 6.55. The Balaban J connectivity index is 2.08. The molecular weight excluding hydrogens is 274 g/mol. The zero-order valence-corrected chi connectivity index (χ0v) is 11.7. The Morgan fingerprint density at radius 1 is 1.19 bits per heavy atom. The molecular formula is C15H17NO5. The van der Waals surface area contributed by atoms with E-state index < -0.39 is 5.97 Å². The van der Waals surface area contributed by atoms with Gasteiger partial charge in [0.2, 0.25) is 5.88 Å². The van der Waals surface area contributed by atoms with Crippen LogP contribution in [-0.2, 0) is 9.47 Å². The third-order valence-corrected chi connectivity index (χ3v) is 2.82. The highest BCUT2D eigenvalue weighted by atomic mass is 16.5. The second-order valence-electron chi connectivity index (χ2n) is 4.29. The molecule has 21 heavy (non-hydrogen) atoms. The summed E-state index contributed by atoms with van der Waals surface area (Å²) >= 11 is 0. The number of rotatable bonds is 8. The van der Waals surface area contributed by atoms with Gasteiger partial charge >= 0.3 is 5.97 Å². The van der Waals surface area contributed by atoms with Crippen LogP contribution in [0.2, 0.25) is 0 Å². The normalized spacial score (nSPS) is 10.7. The second-order valence-corrected chi connectivity index (χ2v) is 4.29. The molecule has 2 aromatic rings. The standard InChI is InChI=1S/C15H17NO5/c1-19-6-7-20-8-9-21-14-12-5-3-2-4-11(12)10-13(16-14)15(17)18/h2-5,10H,6-9H2,1H3,(H,17,18). The van der Waals surface area contributed by atoms with Crippen LogP contribution in [-0.4, -0.2) is 49.6 Å². The van der Waals surface area contributed by atoms with E-state index in [1.54, 1.807) is 7.11 Å². The van der Waals surface area contributed by atoms with Gasteiger partial charge in [-0.3, -0.25) is 0 Å². The Hall–Kier alpha value is -2.18. The SMILES string of the molecule is COCCOCCOc1nc(C(=O)O)cc2ccccc12. The van der Waals surface area contributed by atoms with E-state index in [1.165, 1.54) is 6.07 Å². The van der Waals surface area contributed by atoms with Crippen LogP contribution in [0.15, 0.2) is 30.3 Å². The Kier molecular flexibility index (Phi) is 5.48. The molecule has 0 aliphatic carbocycles. The fraction of sp³-hybridized carbons (Fsp3) is 0.333. The summed E-state index contributed by atoms with van der Waals surface area (Å²) < 4.78 is 15.7. The van der Waals surface area contributed by atoms with Crippen LogP contribution in [0.4, 0.5) is 0 Å². The molecule has 0 radical (unpaired) electrons. The molecule has 112 valence electrons. The summed E-state index contributed by atoms with van der Waals surface area (Å²) in [6.45, 7) is 1.69. The van der Waals surface area contributed by atoms with Gasteiger partial charge in [-0.1, -0.05) is 18.2 Å². The van der Waals surface area contributed by atoms with Crippen LogP contribution in [0, 0.1) is 0 Å². The summed E-state index contributed by atoms with van der Waals surface area (Å²) in [6, 6.07) is 8.89. The molecule has 0 saturated carbocycles. The van der Waals surface area contributed by atoms with Gasteiger partial charge in [0, 0.05) is 12.5 Å². The van der Waals surface area contributed by atoms with Gasteiger partial charge in [-0.25, -0.2) is 9.78 Å². The minimum Gasteiger partial charge on any atom is -0.477 e. The summed E-state index contributed by atoms with van der Waals surface area (Å²) in [5.41, 5.74) is -0.0380. The molecule has 6 heteroatoms. The average molecular weight is 291 g/mol. The largest absolute Gasteiger partial charge is 0.477 e. The average Bonchev–Trinajstić information content (AvgIpc) is 2.50. The maximum atomic E-state index is 11.1. The number of ether oxygens (including phenoxy) is 3. The maximum absolute atomic E-state index is 11.1. The fourth-order valence-electron chi connectivity index (χ4n) is 1.83. The summed E-state index contributed by atoms with van der Waals surface area (Å²) in [5, 5.41) is 10.6. The van der Waals surface area contributed by atoms with E-state index in [1.807, 2.05) is 24.3 Å². The lowest BCUT2D eigenvalue weighted by Crippen LogP contribution is -2.11. The monoisotopic (exact) mass is 291 g/mol. The van der Waals surface area contributed by atoms with Gasteiger partial charge in [0.05, 0.1) is 19.8 Å². The van der Waals surface area contributed by atoms with Crippen LogP contribution in [0.25, 0.3) is 10.8 Å². The summed E-state index contributed by atoms with van der Waals surface area (Å²) in [5.74, 6) is -0.775. The van der Waals surface area contributed by atoms with Gasteiger partial charge in [0.1, 0.15) is 6.61 Å². The Morgan fingerprint density at radius 3 is 2.71 bits per heavy atom. The molecule has 1 heterocycles. The summed E-state index contributed by atoms with van der Waals surface area (Å²) in [7, 11) is 1.60. The first kappa shape index (κ1) is 15.2. The number of aromatic carboxylic acids is 1. The number of carbonyl (C=O) groups is 1. The van der Waals surface area contributed by atoms with Gasteiger partial charge in [-0.15, -0.1) is 0 Å². The Bertz CT molecular complexity index is 614. The van der Waals surface area contributed by atoms with Gasteiger partial charge in [-0.05, 0) is 17.5 Å². The Labute approximate surface area is 122 Å². The van der Waals surface area contributed by atoms with E-state index in [-0.39, 0.29) is 5.69 Å². The van der Waals surface area contributed by atoms with Gasteiger partial charge in [0.25, 0.3) is 0 Å². The van der Waals surface area contributed by atoms with E-state index in [0.29, 0.717) is 32.3 Å².